The highest BCUT2D eigenvalue weighted by Crippen LogP contribution is 2.23. The van der Waals surface area contributed by atoms with Gasteiger partial charge in [0.1, 0.15) is 0 Å². The highest BCUT2D eigenvalue weighted by molar-refractivity contribution is 5.93. The summed E-state index contributed by atoms with van der Waals surface area (Å²) in [6.45, 7) is 5.64. The van der Waals surface area contributed by atoms with Crippen molar-refractivity contribution in [2.24, 2.45) is 0 Å². The van der Waals surface area contributed by atoms with E-state index in [1.807, 2.05) is 0 Å². The Morgan fingerprint density at radius 2 is 0.917 bits per heavy atom. The number of ether oxygens (including phenoxy) is 3. The third-order valence-corrected chi connectivity index (χ3v) is 2.50. The van der Waals surface area contributed by atoms with E-state index in [1.165, 1.54) is 18.2 Å². The molecule has 0 spiro atoms. The van der Waals surface area contributed by atoms with Gasteiger partial charge < -0.3 is 14.2 Å². The summed E-state index contributed by atoms with van der Waals surface area (Å²) in [5, 5.41) is 7.47. The molecule has 0 fully saturated rings. The van der Waals surface area contributed by atoms with Gasteiger partial charge in [0.05, 0.1) is 19.8 Å². The van der Waals surface area contributed by atoms with Gasteiger partial charge in [-0.15, -0.1) is 0 Å². The molecule has 0 saturated heterocycles. The minimum absolute atomic E-state index is 0.209. The summed E-state index contributed by atoms with van der Waals surface area (Å²) >= 11 is 0. The predicted molar refractivity (Wildman–Crippen MR) is 88.4 cm³/mol. The van der Waals surface area contributed by atoms with Crippen molar-refractivity contribution in [2.45, 2.75) is 20.8 Å². The molecule has 0 bridgehead atoms. The van der Waals surface area contributed by atoms with Gasteiger partial charge >= 0.3 is 18.3 Å². The molecule has 0 saturated carbocycles. The fourth-order valence-electron chi connectivity index (χ4n) is 1.70. The first-order chi connectivity index (χ1) is 11.5. The lowest BCUT2D eigenvalue weighted by Gasteiger charge is -2.12. The molecule has 1 aromatic carbocycles. The molecule has 0 aliphatic carbocycles. The normalized spacial score (nSPS) is 9.62. The van der Waals surface area contributed by atoms with Gasteiger partial charge in [-0.1, -0.05) is 0 Å². The van der Waals surface area contributed by atoms with Crippen LogP contribution in [0.1, 0.15) is 20.8 Å². The number of benzene rings is 1. The van der Waals surface area contributed by atoms with E-state index in [4.69, 9.17) is 14.2 Å². The monoisotopic (exact) mass is 339 g/mol. The maximum Gasteiger partial charge on any atom is 0.411 e. The number of hydrogen-bond donors (Lipinski definition) is 3. The highest BCUT2D eigenvalue weighted by atomic mass is 16.6. The van der Waals surface area contributed by atoms with E-state index in [1.54, 1.807) is 20.8 Å². The summed E-state index contributed by atoms with van der Waals surface area (Å²) in [4.78, 5) is 34.6. The largest absolute Gasteiger partial charge is 0.450 e. The Hall–Kier alpha value is -2.97. The summed E-state index contributed by atoms with van der Waals surface area (Å²) in [7, 11) is 0. The van der Waals surface area contributed by atoms with Crippen LogP contribution >= 0.6 is 0 Å². The van der Waals surface area contributed by atoms with E-state index in [9.17, 15) is 14.4 Å². The first-order valence-electron chi connectivity index (χ1n) is 7.44. The van der Waals surface area contributed by atoms with Crippen LogP contribution in [0.25, 0.3) is 0 Å². The van der Waals surface area contributed by atoms with Gasteiger partial charge in [0.2, 0.25) is 0 Å². The number of carbonyl (C=O) groups excluding carboxylic acids is 3. The molecule has 24 heavy (non-hydrogen) atoms. The second-order valence-corrected chi connectivity index (χ2v) is 4.34. The van der Waals surface area contributed by atoms with Crippen LogP contribution in [0.15, 0.2) is 18.2 Å². The third-order valence-electron chi connectivity index (χ3n) is 2.50. The Morgan fingerprint density at radius 3 is 1.12 bits per heavy atom. The van der Waals surface area contributed by atoms with E-state index in [-0.39, 0.29) is 19.8 Å². The van der Waals surface area contributed by atoms with Crippen molar-refractivity contribution in [2.75, 3.05) is 35.8 Å². The molecule has 1 aromatic rings. The van der Waals surface area contributed by atoms with Crippen LogP contribution in [0.2, 0.25) is 0 Å². The van der Waals surface area contributed by atoms with Crippen molar-refractivity contribution in [1.82, 2.24) is 0 Å². The standard InChI is InChI=1S/C15H21N3O6/c1-4-22-13(19)16-10-7-11(17-14(20)23-5-2)9-12(8-10)18-15(21)24-6-3/h7-9H,4-6H2,1-3H3,(H,16,19)(H,17,20)(H,18,21). The zero-order valence-corrected chi connectivity index (χ0v) is 13.8. The Kier molecular flexibility index (Phi) is 7.89. The summed E-state index contributed by atoms with van der Waals surface area (Å²) in [5.41, 5.74) is 0.943. The van der Waals surface area contributed by atoms with Crippen LogP contribution in [0.4, 0.5) is 31.4 Å². The van der Waals surface area contributed by atoms with Crippen LogP contribution in [-0.2, 0) is 14.2 Å². The average Bonchev–Trinajstić information content (AvgIpc) is 2.47. The van der Waals surface area contributed by atoms with Crippen molar-refractivity contribution < 1.29 is 28.6 Å². The number of carbonyl (C=O) groups is 3. The molecule has 9 heteroatoms. The zero-order chi connectivity index (χ0) is 17.9. The molecule has 1 rings (SSSR count). The van der Waals surface area contributed by atoms with Crippen LogP contribution in [-0.4, -0.2) is 38.1 Å². The van der Waals surface area contributed by atoms with Crippen molar-refractivity contribution in [3.63, 3.8) is 0 Å². The van der Waals surface area contributed by atoms with Crippen LogP contribution in [0, 0.1) is 0 Å². The van der Waals surface area contributed by atoms with E-state index >= 15 is 0 Å². The quantitative estimate of drug-likeness (QED) is 0.684. The van der Waals surface area contributed by atoms with E-state index in [0.29, 0.717) is 17.1 Å². The highest BCUT2D eigenvalue weighted by Gasteiger charge is 2.10. The number of anilines is 3. The first-order valence-corrected chi connectivity index (χ1v) is 7.44. The van der Waals surface area contributed by atoms with Crippen molar-refractivity contribution >= 4 is 35.3 Å². The van der Waals surface area contributed by atoms with Crippen LogP contribution in [0.5, 0.6) is 0 Å². The van der Waals surface area contributed by atoms with Gasteiger partial charge in [0.25, 0.3) is 0 Å². The van der Waals surface area contributed by atoms with Gasteiger partial charge in [0.15, 0.2) is 0 Å². The molecule has 0 aromatic heterocycles. The summed E-state index contributed by atoms with van der Waals surface area (Å²) in [6.07, 6.45) is -1.98. The average molecular weight is 339 g/mol. The number of rotatable bonds is 6. The predicted octanol–water partition coefficient (Wildman–Crippen LogP) is 3.39. The molecule has 3 N–H and O–H groups in total. The molecule has 0 aliphatic rings. The molecule has 0 aliphatic heterocycles. The molecular weight excluding hydrogens is 318 g/mol. The van der Waals surface area contributed by atoms with Gasteiger partial charge in [-0.05, 0) is 39.0 Å². The lowest BCUT2D eigenvalue weighted by molar-refractivity contribution is 0.167. The van der Waals surface area contributed by atoms with Crippen LogP contribution < -0.4 is 16.0 Å². The molecule has 0 unspecified atom stereocenters. The molecule has 0 heterocycles. The van der Waals surface area contributed by atoms with E-state index in [0.717, 1.165) is 0 Å². The van der Waals surface area contributed by atoms with Gasteiger partial charge in [0, 0.05) is 17.1 Å². The Bertz CT molecular complexity index is 497. The second kappa shape index (κ2) is 9.93. The smallest absolute Gasteiger partial charge is 0.411 e. The molecular formula is C15H21N3O6. The van der Waals surface area contributed by atoms with Gasteiger partial charge in [-0.3, -0.25) is 16.0 Å². The molecule has 0 atom stereocenters. The zero-order valence-electron chi connectivity index (χ0n) is 13.8. The number of hydrogen-bond acceptors (Lipinski definition) is 6. The fraction of sp³-hybridized carbons (Fsp3) is 0.400. The number of nitrogens with one attached hydrogen (secondary N) is 3. The second-order valence-electron chi connectivity index (χ2n) is 4.34. The molecule has 132 valence electrons. The minimum atomic E-state index is -0.659. The van der Waals surface area contributed by atoms with Crippen molar-refractivity contribution in [1.29, 1.82) is 0 Å². The summed E-state index contributed by atoms with van der Waals surface area (Å²) in [6, 6.07) is 4.47. The Balaban J connectivity index is 2.97. The lowest BCUT2D eigenvalue weighted by Crippen LogP contribution is -2.17. The third kappa shape index (κ3) is 6.86. The Labute approximate surface area is 139 Å². The molecule has 9 nitrogen and oxygen atoms in total. The topological polar surface area (TPSA) is 115 Å². The van der Waals surface area contributed by atoms with E-state index in [2.05, 4.69) is 16.0 Å². The summed E-state index contributed by atoms with van der Waals surface area (Å²) in [5.74, 6) is 0. The molecule has 3 amide bonds. The van der Waals surface area contributed by atoms with E-state index < -0.39 is 18.3 Å². The maximum atomic E-state index is 11.5. The SMILES string of the molecule is CCOC(=O)Nc1cc(NC(=O)OCC)cc(NC(=O)OCC)c1. The summed E-state index contributed by atoms with van der Waals surface area (Å²) < 4.78 is 14.4. The minimum Gasteiger partial charge on any atom is -0.450 e. The number of amides is 3. The fourth-order valence-corrected chi connectivity index (χ4v) is 1.70. The van der Waals surface area contributed by atoms with Crippen molar-refractivity contribution in [3.8, 4) is 0 Å². The van der Waals surface area contributed by atoms with Crippen molar-refractivity contribution in [3.05, 3.63) is 18.2 Å². The maximum absolute atomic E-state index is 11.5. The first kappa shape index (κ1) is 19.1. The van der Waals surface area contributed by atoms with Gasteiger partial charge in [-0.2, -0.15) is 0 Å². The van der Waals surface area contributed by atoms with Gasteiger partial charge in [-0.25, -0.2) is 14.4 Å². The lowest BCUT2D eigenvalue weighted by atomic mass is 10.2. The molecule has 0 radical (unpaired) electrons. The Morgan fingerprint density at radius 1 is 0.667 bits per heavy atom. The van der Waals surface area contributed by atoms with Crippen LogP contribution in [0.3, 0.4) is 0 Å².